The first kappa shape index (κ1) is 13.9. The molecule has 1 aliphatic rings. The molecule has 3 N–H and O–H groups in total. The number of hydrogen-bond donors (Lipinski definition) is 2. The predicted octanol–water partition coefficient (Wildman–Crippen LogP) is 1.69. The molecule has 0 atom stereocenters. The Morgan fingerprint density at radius 3 is 3.00 bits per heavy atom. The third-order valence-corrected chi connectivity index (χ3v) is 2.94. The Labute approximate surface area is 113 Å². The summed E-state index contributed by atoms with van der Waals surface area (Å²) in [5.41, 5.74) is 6.38. The Bertz CT molecular complexity index is 396. The highest BCUT2D eigenvalue weighted by Gasteiger charge is 2.20. The van der Waals surface area contributed by atoms with Crippen LogP contribution in [0.25, 0.3) is 0 Å². The Balaban J connectivity index is 1.67. The lowest BCUT2D eigenvalue weighted by molar-refractivity contribution is 0.124. The van der Waals surface area contributed by atoms with Gasteiger partial charge >= 0.3 is 0 Å². The fourth-order valence-electron chi connectivity index (χ4n) is 1.69. The minimum atomic E-state index is 0.435. The van der Waals surface area contributed by atoms with Gasteiger partial charge in [-0.3, -0.25) is 0 Å². The number of nitrogens with two attached hydrogens (primary N) is 1. The van der Waals surface area contributed by atoms with Gasteiger partial charge in [-0.25, -0.2) is 4.98 Å². The molecule has 1 heterocycles. The van der Waals surface area contributed by atoms with E-state index in [2.05, 4.69) is 15.3 Å². The maximum Gasteiger partial charge on any atom is 0.242 e. The Kier molecular flexibility index (Phi) is 5.20. The van der Waals surface area contributed by atoms with Crippen molar-refractivity contribution in [2.24, 2.45) is 5.92 Å². The second-order valence-corrected chi connectivity index (χ2v) is 4.67. The SMILES string of the molecule is CCOc1ncnc(NCCCOCC2CC2)c1N. The first-order valence-electron chi connectivity index (χ1n) is 6.86. The first-order chi connectivity index (χ1) is 9.31. The van der Waals surface area contributed by atoms with Crippen molar-refractivity contribution in [3.63, 3.8) is 0 Å². The quantitative estimate of drug-likeness (QED) is 0.662. The summed E-state index contributed by atoms with van der Waals surface area (Å²) >= 11 is 0. The summed E-state index contributed by atoms with van der Waals surface area (Å²) in [7, 11) is 0. The first-order valence-corrected chi connectivity index (χ1v) is 6.86. The molecule has 1 aromatic heterocycles. The molecule has 1 aliphatic carbocycles. The Hall–Kier alpha value is -1.56. The summed E-state index contributed by atoms with van der Waals surface area (Å²) in [6.07, 6.45) is 5.04. The molecule has 0 aliphatic heterocycles. The van der Waals surface area contributed by atoms with Crippen LogP contribution < -0.4 is 15.8 Å². The van der Waals surface area contributed by atoms with E-state index >= 15 is 0 Å². The molecule has 0 saturated heterocycles. The van der Waals surface area contributed by atoms with Crippen LogP contribution in [0.2, 0.25) is 0 Å². The largest absolute Gasteiger partial charge is 0.476 e. The minimum absolute atomic E-state index is 0.435. The van der Waals surface area contributed by atoms with Crippen molar-refractivity contribution >= 4 is 11.5 Å². The monoisotopic (exact) mass is 266 g/mol. The van der Waals surface area contributed by atoms with Gasteiger partial charge in [-0.2, -0.15) is 4.98 Å². The predicted molar refractivity (Wildman–Crippen MR) is 74.3 cm³/mol. The highest BCUT2D eigenvalue weighted by Crippen LogP contribution is 2.28. The van der Waals surface area contributed by atoms with Gasteiger partial charge < -0.3 is 20.5 Å². The maximum absolute atomic E-state index is 5.91. The number of rotatable bonds is 9. The van der Waals surface area contributed by atoms with E-state index in [1.54, 1.807) is 0 Å². The van der Waals surface area contributed by atoms with E-state index < -0.39 is 0 Å². The summed E-state index contributed by atoms with van der Waals surface area (Å²) in [6, 6.07) is 0. The summed E-state index contributed by atoms with van der Waals surface area (Å²) in [6.45, 7) is 4.88. The maximum atomic E-state index is 5.91. The molecular formula is C13H22N4O2. The van der Waals surface area contributed by atoms with Crippen molar-refractivity contribution in [2.75, 3.05) is 37.4 Å². The van der Waals surface area contributed by atoms with E-state index in [1.165, 1.54) is 19.2 Å². The standard InChI is InChI=1S/C13H22N4O2/c1-2-19-13-11(14)12(16-9-17-13)15-6-3-7-18-8-10-4-5-10/h9-10H,2-8,14H2,1H3,(H,15,16,17). The fraction of sp³-hybridized carbons (Fsp3) is 0.692. The summed E-state index contributed by atoms with van der Waals surface area (Å²) < 4.78 is 10.9. The van der Waals surface area contributed by atoms with Crippen LogP contribution in [-0.2, 0) is 4.74 Å². The smallest absolute Gasteiger partial charge is 0.242 e. The van der Waals surface area contributed by atoms with Gasteiger partial charge in [-0.15, -0.1) is 0 Å². The molecule has 0 radical (unpaired) electrons. The second kappa shape index (κ2) is 7.13. The third-order valence-electron chi connectivity index (χ3n) is 2.94. The zero-order valence-electron chi connectivity index (χ0n) is 11.4. The molecule has 6 nitrogen and oxygen atoms in total. The van der Waals surface area contributed by atoms with Crippen molar-refractivity contribution in [1.82, 2.24) is 9.97 Å². The van der Waals surface area contributed by atoms with Crippen LogP contribution in [0.1, 0.15) is 26.2 Å². The lowest BCUT2D eigenvalue weighted by Crippen LogP contribution is -2.11. The van der Waals surface area contributed by atoms with Gasteiger partial charge in [0.2, 0.25) is 5.88 Å². The number of hydrogen-bond acceptors (Lipinski definition) is 6. The van der Waals surface area contributed by atoms with E-state index in [4.69, 9.17) is 15.2 Å². The number of nitrogens with one attached hydrogen (secondary N) is 1. The number of anilines is 2. The number of nitrogens with zero attached hydrogens (tertiary/aromatic N) is 2. The number of aromatic nitrogens is 2. The van der Waals surface area contributed by atoms with Crippen molar-refractivity contribution in [3.8, 4) is 5.88 Å². The van der Waals surface area contributed by atoms with Crippen molar-refractivity contribution in [3.05, 3.63) is 6.33 Å². The summed E-state index contributed by atoms with van der Waals surface area (Å²) in [4.78, 5) is 8.10. The average molecular weight is 266 g/mol. The van der Waals surface area contributed by atoms with E-state index in [9.17, 15) is 0 Å². The van der Waals surface area contributed by atoms with Gasteiger partial charge in [-0.1, -0.05) is 0 Å². The normalized spacial score (nSPS) is 14.4. The Morgan fingerprint density at radius 1 is 1.42 bits per heavy atom. The second-order valence-electron chi connectivity index (χ2n) is 4.67. The molecule has 1 aromatic rings. The molecule has 0 unspecified atom stereocenters. The summed E-state index contributed by atoms with van der Waals surface area (Å²) in [5, 5.41) is 3.18. The molecule has 0 amide bonds. The minimum Gasteiger partial charge on any atom is -0.476 e. The van der Waals surface area contributed by atoms with Crippen molar-refractivity contribution in [2.45, 2.75) is 26.2 Å². The van der Waals surface area contributed by atoms with E-state index in [0.717, 1.165) is 32.1 Å². The van der Waals surface area contributed by atoms with Crippen molar-refractivity contribution < 1.29 is 9.47 Å². The lowest BCUT2D eigenvalue weighted by atomic mass is 10.4. The van der Waals surface area contributed by atoms with Gasteiger partial charge in [-0.05, 0) is 32.1 Å². The van der Waals surface area contributed by atoms with Crippen LogP contribution >= 0.6 is 0 Å². The van der Waals surface area contributed by atoms with Gasteiger partial charge in [0, 0.05) is 19.8 Å². The Morgan fingerprint density at radius 2 is 2.26 bits per heavy atom. The van der Waals surface area contributed by atoms with E-state index in [0.29, 0.717) is 24.0 Å². The highest BCUT2D eigenvalue weighted by molar-refractivity contribution is 5.66. The molecule has 1 fully saturated rings. The molecule has 6 heteroatoms. The molecule has 19 heavy (non-hydrogen) atoms. The lowest BCUT2D eigenvalue weighted by Gasteiger charge is -2.11. The topological polar surface area (TPSA) is 82.3 Å². The highest BCUT2D eigenvalue weighted by atomic mass is 16.5. The van der Waals surface area contributed by atoms with Crippen LogP contribution in [-0.4, -0.2) is 36.3 Å². The summed E-state index contributed by atoms with van der Waals surface area (Å²) in [5.74, 6) is 1.88. The van der Waals surface area contributed by atoms with Crippen LogP contribution in [0.15, 0.2) is 6.33 Å². The average Bonchev–Trinajstić information content (AvgIpc) is 3.22. The zero-order valence-corrected chi connectivity index (χ0v) is 11.4. The van der Waals surface area contributed by atoms with Crippen molar-refractivity contribution in [1.29, 1.82) is 0 Å². The molecule has 2 rings (SSSR count). The third kappa shape index (κ3) is 4.55. The van der Waals surface area contributed by atoms with Gasteiger partial charge in [0.1, 0.15) is 12.0 Å². The zero-order chi connectivity index (χ0) is 13.5. The molecule has 1 saturated carbocycles. The van der Waals surface area contributed by atoms with E-state index in [1.807, 2.05) is 6.92 Å². The number of ether oxygens (including phenoxy) is 2. The van der Waals surface area contributed by atoms with Gasteiger partial charge in [0.15, 0.2) is 5.82 Å². The van der Waals surface area contributed by atoms with Crippen LogP contribution in [0, 0.1) is 5.92 Å². The van der Waals surface area contributed by atoms with Gasteiger partial charge in [0.05, 0.1) is 6.61 Å². The fourth-order valence-corrected chi connectivity index (χ4v) is 1.69. The molecular weight excluding hydrogens is 244 g/mol. The van der Waals surface area contributed by atoms with E-state index in [-0.39, 0.29) is 0 Å². The van der Waals surface area contributed by atoms with Crippen LogP contribution in [0.3, 0.4) is 0 Å². The van der Waals surface area contributed by atoms with Crippen LogP contribution in [0.4, 0.5) is 11.5 Å². The molecule has 106 valence electrons. The molecule has 0 aromatic carbocycles. The number of nitrogen functional groups attached to an aromatic ring is 1. The molecule has 0 bridgehead atoms. The van der Waals surface area contributed by atoms with Crippen LogP contribution in [0.5, 0.6) is 5.88 Å². The van der Waals surface area contributed by atoms with Gasteiger partial charge in [0.25, 0.3) is 0 Å². The molecule has 0 spiro atoms.